The summed E-state index contributed by atoms with van der Waals surface area (Å²) in [6.45, 7) is 7.07. The molecule has 3 aromatic carbocycles. The van der Waals surface area contributed by atoms with Gasteiger partial charge in [-0.05, 0) is 87.5 Å². The minimum atomic E-state index is -4.12. The molecule has 0 radical (unpaired) electrons. The fraction of sp³-hybridized carbons (Fsp3) is 0.355. The van der Waals surface area contributed by atoms with Crippen molar-refractivity contribution in [2.75, 3.05) is 24.2 Å². The summed E-state index contributed by atoms with van der Waals surface area (Å²) in [6.07, 6.45) is 2.26. The predicted octanol–water partition coefficient (Wildman–Crippen LogP) is 5.25. The molecule has 3 rings (SSSR count). The van der Waals surface area contributed by atoms with Gasteiger partial charge in [0.05, 0.1) is 17.7 Å². The van der Waals surface area contributed by atoms with Crippen molar-refractivity contribution in [3.63, 3.8) is 0 Å². The molecule has 2 amide bonds. The number of aryl methyl sites for hydroxylation is 1. The molecule has 220 valence electrons. The van der Waals surface area contributed by atoms with Gasteiger partial charge in [0.1, 0.15) is 18.3 Å². The number of hydrogen-bond acceptors (Lipinski definition) is 6. The lowest BCUT2D eigenvalue weighted by Crippen LogP contribution is -2.53. The van der Waals surface area contributed by atoms with Crippen LogP contribution in [0.15, 0.2) is 82.6 Å². The number of methoxy groups -OCH3 is 1. The second-order valence-electron chi connectivity index (χ2n) is 9.98. The Morgan fingerprint density at radius 3 is 2.22 bits per heavy atom. The molecule has 41 heavy (non-hydrogen) atoms. The molecule has 0 bridgehead atoms. The summed E-state index contributed by atoms with van der Waals surface area (Å²) < 4.78 is 34.5. The van der Waals surface area contributed by atoms with Crippen LogP contribution < -0.4 is 14.4 Å². The molecule has 8 nitrogen and oxygen atoms in total. The van der Waals surface area contributed by atoms with Gasteiger partial charge in [-0.3, -0.25) is 13.9 Å². The molecule has 3 aromatic rings. The van der Waals surface area contributed by atoms with Crippen LogP contribution in [0.25, 0.3) is 0 Å². The Morgan fingerprint density at radius 1 is 1.00 bits per heavy atom. The molecule has 0 fully saturated rings. The van der Waals surface area contributed by atoms with E-state index in [1.807, 2.05) is 46.1 Å². The van der Waals surface area contributed by atoms with Crippen LogP contribution in [0.5, 0.6) is 5.75 Å². The van der Waals surface area contributed by atoms with E-state index in [2.05, 4.69) is 5.32 Å². The van der Waals surface area contributed by atoms with Gasteiger partial charge in [-0.2, -0.15) is 0 Å². The topological polar surface area (TPSA) is 96.0 Å². The Hall–Kier alpha value is -3.50. The Balaban J connectivity index is 2.06. The predicted molar refractivity (Wildman–Crippen MR) is 165 cm³/mol. The van der Waals surface area contributed by atoms with Crippen molar-refractivity contribution in [2.24, 2.45) is 0 Å². The maximum atomic E-state index is 14.1. The van der Waals surface area contributed by atoms with E-state index in [0.717, 1.165) is 20.3 Å². The number of hydrogen-bond donors (Lipinski definition) is 1. The number of nitrogens with zero attached hydrogens (tertiary/aromatic N) is 2. The lowest BCUT2D eigenvalue weighted by atomic mass is 10.1. The van der Waals surface area contributed by atoms with E-state index in [1.54, 1.807) is 67.8 Å². The third kappa shape index (κ3) is 8.27. The lowest BCUT2D eigenvalue weighted by Gasteiger charge is -2.33. The fourth-order valence-corrected chi connectivity index (χ4v) is 6.20. The second-order valence-corrected chi connectivity index (χ2v) is 12.7. The van der Waals surface area contributed by atoms with Crippen LogP contribution in [0.3, 0.4) is 0 Å². The fourth-order valence-electron chi connectivity index (χ4n) is 4.38. The number of carbonyl (C=O) groups is 2. The van der Waals surface area contributed by atoms with Crippen molar-refractivity contribution in [1.29, 1.82) is 0 Å². The van der Waals surface area contributed by atoms with Gasteiger partial charge in [0.15, 0.2) is 0 Å². The minimum absolute atomic E-state index is 0.0765. The zero-order chi connectivity index (χ0) is 30.2. The highest BCUT2D eigenvalue weighted by atomic mass is 32.2. The average Bonchev–Trinajstić information content (AvgIpc) is 2.96. The van der Waals surface area contributed by atoms with Gasteiger partial charge in [0.2, 0.25) is 11.8 Å². The van der Waals surface area contributed by atoms with E-state index in [4.69, 9.17) is 4.74 Å². The van der Waals surface area contributed by atoms with Crippen LogP contribution in [0.1, 0.15) is 38.3 Å². The van der Waals surface area contributed by atoms with E-state index in [1.165, 1.54) is 16.7 Å². The van der Waals surface area contributed by atoms with Crippen LogP contribution in [0.2, 0.25) is 0 Å². The first kappa shape index (κ1) is 32.0. The van der Waals surface area contributed by atoms with Gasteiger partial charge in [-0.1, -0.05) is 36.8 Å². The average molecular weight is 598 g/mol. The van der Waals surface area contributed by atoms with E-state index < -0.39 is 28.5 Å². The SMILES string of the molecule is CCC(C(=O)NC(C)C)N(Cc1cccc(OC)c1)C(=O)CN(c1ccc(C)cc1)S(=O)(=O)c1ccc(SC)cc1. The number of thioether (sulfide) groups is 1. The van der Waals surface area contributed by atoms with Crippen molar-refractivity contribution in [2.45, 2.75) is 62.5 Å². The van der Waals surface area contributed by atoms with Gasteiger partial charge in [-0.25, -0.2) is 8.42 Å². The highest BCUT2D eigenvalue weighted by molar-refractivity contribution is 7.98. The maximum Gasteiger partial charge on any atom is 0.264 e. The van der Waals surface area contributed by atoms with E-state index in [9.17, 15) is 18.0 Å². The van der Waals surface area contributed by atoms with Crippen molar-refractivity contribution >= 4 is 39.3 Å². The quantitative estimate of drug-likeness (QED) is 0.270. The minimum Gasteiger partial charge on any atom is -0.497 e. The van der Waals surface area contributed by atoms with Crippen molar-refractivity contribution in [1.82, 2.24) is 10.2 Å². The Morgan fingerprint density at radius 2 is 1.66 bits per heavy atom. The summed E-state index contributed by atoms with van der Waals surface area (Å²) in [6, 6.07) is 19.9. The zero-order valence-electron chi connectivity index (χ0n) is 24.5. The first-order chi connectivity index (χ1) is 19.5. The first-order valence-corrected chi connectivity index (χ1v) is 16.1. The summed E-state index contributed by atoms with van der Waals surface area (Å²) in [5.74, 6) is -0.174. The molecule has 0 saturated carbocycles. The van der Waals surface area contributed by atoms with E-state index in [0.29, 0.717) is 17.9 Å². The number of carbonyl (C=O) groups excluding carboxylic acids is 2. The van der Waals surface area contributed by atoms with Crippen LogP contribution >= 0.6 is 11.8 Å². The second kappa shape index (κ2) is 14.4. The summed E-state index contributed by atoms with van der Waals surface area (Å²) in [5.41, 5.74) is 2.07. The van der Waals surface area contributed by atoms with Crippen molar-refractivity contribution in [3.8, 4) is 5.75 Å². The molecular formula is C31H39N3O5S2. The van der Waals surface area contributed by atoms with Crippen molar-refractivity contribution in [3.05, 3.63) is 83.9 Å². The normalized spacial score (nSPS) is 12.1. The first-order valence-electron chi connectivity index (χ1n) is 13.5. The third-order valence-electron chi connectivity index (χ3n) is 6.55. The summed E-state index contributed by atoms with van der Waals surface area (Å²) in [5, 5.41) is 2.90. The van der Waals surface area contributed by atoms with Gasteiger partial charge in [0, 0.05) is 17.5 Å². The largest absolute Gasteiger partial charge is 0.497 e. The summed E-state index contributed by atoms with van der Waals surface area (Å²) in [4.78, 5) is 29.8. The van der Waals surface area contributed by atoms with Gasteiger partial charge >= 0.3 is 0 Å². The molecule has 0 aliphatic heterocycles. The molecule has 0 aliphatic rings. The monoisotopic (exact) mass is 597 g/mol. The number of anilines is 1. The van der Waals surface area contributed by atoms with Gasteiger partial charge in [0.25, 0.3) is 10.0 Å². The molecule has 1 N–H and O–H groups in total. The van der Waals surface area contributed by atoms with Crippen molar-refractivity contribution < 1.29 is 22.7 Å². The smallest absolute Gasteiger partial charge is 0.264 e. The molecule has 0 saturated heterocycles. The Labute approximate surface area is 248 Å². The summed E-state index contributed by atoms with van der Waals surface area (Å²) >= 11 is 1.51. The number of rotatable bonds is 13. The lowest BCUT2D eigenvalue weighted by molar-refractivity contribution is -0.140. The summed E-state index contributed by atoms with van der Waals surface area (Å²) in [7, 11) is -2.56. The molecule has 1 atom stereocenters. The standard InChI is InChI=1S/C31H39N3O5S2/c1-7-29(31(36)32-22(2)3)33(20-24-9-8-10-26(19-24)39-5)30(35)21-34(25-13-11-23(4)12-14-25)41(37,38)28-17-15-27(40-6)16-18-28/h8-19,22,29H,7,20-21H2,1-6H3,(H,32,36). The number of ether oxygens (including phenoxy) is 1. The highest BCUT2D eigenvalue weighted by Crippen LogP contribution is 2.27. The highest BCUT2D eigenvalue weighted by Gasteiger charge is 2.34. The van der Waals surface area contributed by atoms with Gasteiger partial charge in [-0.15, -0.1) is 11.8 Å². The van der Waals surface area contributed by atoms with E-state index in [-0.39, 0.29) is 23.4 Å². The van der Waals surface area contributed by atoms with Crippen LogP contribution in [0.4, 0.5) is 5.69 Å². The third-order valence-corrected chi connectivity index (χ3v) is 9.08. The molecule has 0 spiro atoms. The maximum absolute atomic E-state index is 14.1. The zero-order valence-corrected chi connectivity index (χ0v) is 26.1. The van der Waals surface area contributed by atoms with Crippen LogP contribution in [-0.2, 0) is 26.2 Å². The number of nitrogens with one attached hydrogen (secondary N) is 1. The number of benzene rings is 3. The molecule has 10 heteroatoms. The molecule has 0 aromatic heterocycles. The number of amides is 2. The molecule has 1 unspecified atom stereocenters. The molecular weight excluding hydrogens is 558 g/mol. The Bertz CT molecular complexity index is 1420. The van der Waals surface area contributed by atoms with E-state index >= 15 is 0 Å². The molecule has 0 aliphatic carbocycles. The Kier molecular flexibility index (Phi) is 11.3. The van der Waals surface area contributed by atoms with Crippen LogP contribution in [-0.4, -0.2) is 57.1 Å². The molecule has 0 heterocycles. The van der Waals surface area contributed by atoms with Gasteiger partial charge < -0.3 is 15.0 Å². The van der Waals surface area contributed by atoms with Crippen LogP contribution in [0, 0.1) is 6.92 Å². The number of sulfonamides is 1.